The number of likely N-dealkylation sites (N-methyl/N-ethyl adjacent to an activating group) is 2. The summed E-state index contributed by atoms with van der Waals surface area (Å²) in [6.45, 7) is 7.89. The topological polar surface area (TPSA) is 85.8 Å². The molecule has 0 spiro atoms. The number of aromatic nitrogens is 1. The summed E-state index contributed by atoms with van der Waals surface area (Å²) in [6, 6.07) is 3.67. The van der Waals surface area contributed by atoms with Crippen molar-refractivity contribution in [2.45, 2.75) is 52.1 Å². The summed E-state index contributed by atoms with van der Waals surface area (Å²) < 4.78 is 0. The average molecular weight is 519 g/mol. The highest BCUT2D eigenvalue weighted by atomic mass is 32.1. The van der Waals surface area contributed by atoms with E-state index in [2.05, 4.69) is 24.1 Å². The molecule has 4 rings (SSSR count). The first-order valence-electron chi connectivity index (χ1n) is 12.4. The van der Waals surface area contributed by atoms with E-state index < -0.39 is 6.10 Å². The zero-order valence-electron chi connectivity index (χ0n) is 21.6. The molecule has 2 heterocycles. The van der Waals surface area contributed by atoms with Crippen LogP contribution in [0.3, 0.4) is 0 Å². The van der Waals surface area contributed by atoms with Gasteiger partial charge in [-0.1, -0.05) is 26.8 Å². The van der Waals surface area contributed by atoms with E-state index >= 15 is 0 Å². The van der Waals surface area contributed by atoms with Crippen molar-refractivity contribution in [3.05, 3.63) is 33.0 Å². The predicted octanol–water partition coefficient (Wildman–Crippen LogP) is 4.17. The number of thiazole rings is 1. The molecule has 6 unspecified atom stereocenters. The molecule has 1 fully saturated rings. The molecular weight excluding hydrogens is 480 g/mol. The van der Waals surface area contributed by atoms with E-state index in [0.717, 1.165) is 31.5 Å². The maximum Gasteiger partial charge on any atom is 0.267 e. The van der Waals surface area contributed by atoms with E-state index in [-0.39, 0.29) is 40.9 Å². The molecule has 2 aliphatic rings. The van der Waals surface area contributed by atoms with Crippen molar-refractivity contribution in [3.8, 4) is 0 Å². The molecule has 35 heavy (non-hydrogen) atoms. The van der Waals surface area contributed by atoms with Crippen molar-refractivity contribution in [2.75, 3.05) is 39.5 Å². The predicted molar refractivity (Wildman–Crippen MR) is 142 cm³/mol. The van der Waals surface area contributed by atoms with E-state index in [9.17, 15) is 14.7 Å². The lowest BCUT2D eigenvalue weighted by Crippen LogP contribution is -2.53. The number of nitrogens with zero attached hydrogens (tertiary/aromatic N) is 3. The van der Waals surface area contributed by atoms with Crippen molar-refractivity contribution in [2.24, 2.45) is 23.2 Å². The summed E-state index contributed by atoms with van der Waals surface area (Å²) in [7, 11) is 5.87. The zero-order valence-corrected chi connectivity index (χ0v) is 23.2. The molecule has 0 aromatic carbocycles. The molecule has 7 nitrogen and oxygen atoms in total. The molecule has 0 bridgehead atoms. The van der Waals surface area contributed by atoms with Crippen molar-refractivity contribution >= 4 is 39.6 Å². The first-order chi connectivity index (χ1) is 16.5. The van der Waals surface area contributed by atoms with Crippen LogP contribution >= 0.6 is 22.7 Å². The van der Waals surface area contributed by atoms with Crippen molar-refractivity contribution in [1.82, 2.24) is 14.8 Å². The van der Waals surface area contributed by atoms with Gasteiger partial charge in [-0.15, -0.1) is 22.7 Å². The van der Waals surface area contributed by atoms with Gasteiger partial charge < -0.3 is 14.9 Å². The van der Waals surface area contributed by atoms with Gasteiger partial charge >= 0.3 is 0 Å². The third-order valence-corrected chi connectivity index (χ3v) is 10.0. The summed E-state index contributed by atoms with van der Waals surface area (Å²) in [5.74, 6) is -0.239. The first-order valence-corrected chi connectivity index (χ1v) is 14.1. The fourth-order valence-corrected chi connectivity index (χ4v) is 8.04. The number of fused-ring (bicyclic) bond motifs is 2. The molecule has 2 N–H and O–H groups in total. The zero-order chi connectivity index (χ0) is 25.5. The number of amides is 2. The Kier molecular flexibility index (Phi) is 7.71. The molecular formula is C26H38N4O3S2. The number of nitrogens with one attached hydrogen (secondary N) is 1. The van der Waals surface area contributed by atoms with Gasteiger partial charge in [0.15, 0.2) is 5.13 Å². The molecule has 2 aromatic heterocycles. The Morgan fingerprint density at radius 3 is 2.71 bits per heavy atom. The number of thiophene rings is 1. The maximum atomic E-state index is 13.2. The summed E-state index contributed by atoms with van der Waals surface area (Å²) >= 11 is 2.97. The number of carbonyl (C=O) groups excluding carboxylic acids is 2. The second-order valence-electron chi connectivity index (χ2n) is 10.9. The normalized spacial score (nSPS) is 28.8. The van der Waals surface area contributed by atoms with Gasteiger partial charge in [0.1, 0.15) is 0 Å². The second-order valence-corrected chi connectivity index (χ2v) is 13.0. The fraction of sp³-hybridized carbons (Fsp3) is 0.654. The molecule has 6 atom stereocenters. The molecule has 0 aliphatic heterocycles. The minimum absolute atomic E-state index is 0.0269. The molecule has 2 aromatic rings. The highest BCUT2D eigenvalue weighted by Crippen LogP contribution is 2.57. The standard InChI is InChI=1S/C26H38N4O3S2/c1-15(24(33)30(6)12-11-29(4)5)17-9-10-26(3)14-19-21(16(2)20(26)22(17)31)27-25(35-19)28-23(32)18-8-7-13-34-18/h7-8,13,15-17,20,22,31H,9-12,14H2,1-6H3,(H,27,28,32). The highest BCUT2D eigenvalue weighted by molar-refractivity contribution is 7.16. The summed E-state index contributed by atoms with van der Waals surface area (Å²) in [4.78, 5) is 36.3. The Hall–Kier alpha value is -1.81. The van der Waals surface area contributed by atoms with Crippen molar-refractivity contribution in [1.29, 1.82) is 0 Å². The number of hydrogen-bond acceptors (Lipinski definition) is 7. The maximum absolute atomic E-state index is 13.2. The van der Waals surface area contributed by atoms with Crippen LogP contribution in [-0.2, 0) is 11.2 Å². The molecule has 0 radical (unpaired) electrons. The summed E-state index contributed by atoms with van der Waals surface area (Å²) in [5.41, 5.74) is 0.935. The van der Waals surface area contributed by atoms with Gasteiger partial charge in [-0.3, -0.25) is 14.9 Å². The second kappa shape index (κ2) is 10.3. The molecule has 2 amide bonds. The SMILES string of the molecule is CC(C(=O)N(C)CCN(C)C)C1CCC2(C)Cc3sc(NC(=O)c4cccs4)nc3C(C)C2C1O. The molecule has 192 valence electrons. The Balaban J connectivity index is 1.50. The molecule has 2 aliphatic carbocycles. The van der Waals surface area contributed by atoms with Crippen LogP contribution in [0.1, 0.15) is 59.8 Å². The summed E-state index contributed by atoms with van der Waals surface area (Å²) in [5, 5.41) is 17.1. The van der Waals surface area contributed by atoms with Crippen LogP contribution in [0.25, 0.3) is 0 Å². The number of hydrogen-bond donors (Lipinski definition) is 2. The van der Waals surface area contributed by atoms with Crippen molar-refractivity contribution in [3.63, 3.8) is 0 Å². The number of aliphatic hydroxyl groups excluding tert-OH is 1. The highest BCUT2D eigenvalue weighted by Gasteiger charge is 2.54. The summed E-state index contributed by atoms with van der Waals surface area (Å²) in [6.07, 6.45) is 2.09. The minimum Gasteiger partial charge on any atom is -0.392 e. The van der Waals surface area contributed by atoms with Gasteiger partial charge in [0.05, 0.1) is 16.7 Å². The number of aliphatic hydroxyl groups is 1. The van der Waals surface area contributed by atoms with Crippen LogP contribution < -0.4 is 5.32 Å². The Morgan fingerprint density at radius 2 is 2.06 bits per heavy atom. The van der Waals surface area contributed by atoms with Gasteiger partial charge in [0.2, 0.25) is 5.91 Å². The smallest absolute Gasteiger partial charge is 0.267 e. The first kappa shape index (κ1) is 26.3. The van der Waals surface area contributed by atoms with Crippen LogP contribution in [0.4, 0.5) is 5.13 Å². The van der Waals surface area contributed by atoms with Crippen LogP contribution in [0.15, 0.2) is 17.5 Å². The third kappa shape index (κ3) is 5.19. The lowest BCUT2D eigenvalue weighted by molar-refractivity contribution is -0.143. The van der Waals surface area contributed by atoms with Gasteiger partial charge in [-0.05, 0) is 62.1 Å². The minimum atomic E-state index is -0.566. The quantitative estimate of drug-likeness (QED) is 0.575. The monoisotopic (exact) mass is 518 g/mol. The molecule has 0 saturated heterocycles. The van der Waals surface area contributed by atoms with E-state index in [1.807, 2.05) is 45.6 Å². The van der Waals surface area contributed by atoms with E-state index in [1.165, 1.54) is 16.2 Å². The van der Waals surface area contributed by atoms with Gasteiger partial charge in [-0.2, -0.15) is 0 Å². The number of anilines is 1. The number of rotatable bonds is 7. The number of carbonyl (C=O) groups is 2. The Morgan fingerprint density at radius 1 is 1.31 bits per heavy atom. The van der Waals surface area contributed by atoms with Crippen molar-refractivity contribution < 1.29 is 14.7 Å². The lowest BCUT2D eigenvalue weighted by atomic mass is 9.53. The average Bonchev–Trinajstić information content (AvgIpc) is 3.46. The Bertz CT molecular complexity index is 1050. The fourth-order valence-electron chi connectivity index (χ4n) is 6.16. The molecule has 1 saturated carbocycles. The molecule has 9 heteroatoms. The largest absolute Gasteiger partial charge is 0.392 e. The van der Waals surface area contributed by atoms with Crippen LogP contribution in [-0.4, -0.2) is 72.0 Å². The van der Waals surface area contributed by atoms with Crippen LogP contribution in [0.5, 0.6) is 0 Å². The van der Waals surface area contributed by atoms with E-state index in [1.54, 1.807) is 16.2 Å². The van der Waals surface area contributed by atoms with E-state index in [4.69, 9.17) is 4.98 Å². The van der Waals surface area contributed by atoms with Crippen LogP contribution in [0.2, 0.25) is 0 Å². The van der Waals surface area contributed by atoms with Gasteiger partial charge in [0, 0.05) is 36.9 Å². The van der Waals surface area contributed by atoms with Gasteiger partial charge in [-0.25, -0.2) is 4.98 Å². The third-order valence-electron chi connectivity index (χ3n) is 8.18. The Labute approximate surface area is 216 Å². The van der Waals surface area contributed by atoms with Gasteiger partial charge in [0.25, 0.3) is 5.91 Å². The van der Waals surface area contributed by atoms with E-state index in [0.29, 0.717) is 16.6 Å². The van der Waals surface area contributed by atoms with Crippen LogP contribution in [0, 0.1) is 23.2 Å². The lowest BCUT2D eigenvalue weighted by Gasteiger charge is -2.53.